The van der Waals surface area contributed by atoms with E-state index in [4.69, 9.17) is 0 Å². The molecule has 0 saturated heterocycles. The maximum absolute atomic E-state index is 10.9. The number of rotatable bonds is 5. The van der Waals surface area contributed by atoms with Gasteiger partial charge in [0.15, 0.2) is 0 Å². The summed E-state index contributed by atoms with van der Waals surface area (Å²) >= 11 is 4.99. The summed E-state index contributed by atoms with van der Waals surface area (Å²) in [5.74, 6) is 0. The third-order valence-electron chi connectivity index (χ3n) is 2.43. The Morgan fingerprint density at radius 3 is 2.83 bits per heavy atom. The van der Waals surface area contributed by atoms with Gasteiger partial charge in [0.1, 0.15) is 0 Å². The van der Waals surface area contributed by atoms with E-state index in [2.05, 4.69) is 21.2 Å². The maximum atomic E-state index is 10.9. The Morgan fingerprint density at radius 2 is 2.17 bits per heavy atom. The predicted octanol–water partition coefficient (Wildman–Crippen LogP) is 3.71. The van der Waals surface area contributed by atoms with E-state index in [-0.39, 0.29) is 10.6 Å². The van der Waals surface area contributed by atoms with Crippen molar-refractivity contribution in [1.29, 1.82) is 0 Å². The summed E-state index contributed by atoms with van der Waals surface area (Å²) in [7, 11) is 0. The van der Waals surface area contributed by atoms with Gasteiger partial charge in [-0.3, -0.25) is 10.1 Å². The quantitative estimate of drug-likeness (QED) is 0.673. The molecule has 0 aliphatic carbocycles. The van der Waals surface area contributed by atoms with Gasteiger partial charge in [0.05, 0.1) is 4.92 Å². The molecule has 1 N–H and O–H groups in total. The minimum Gasteiger partial charge on any atom is -0.308 e. The molecule has 0 bridgehead atoms. The molecular formula is C12H11BrN2O2S. The van der Waals surface area contributed by atoms with Crippen LogP contribution >= 0.6 is 27.3 Å². The van der Waals surface area contributed by atoms with Crippen molar-refractivity contribution in [3.8, 4) is 0 Å². The van der Waals surface area contributed by atoms with Crippen molar-refractivity contribution in [1.82, 2.24) is 5.32 Å². The fourth-order valence-corrected chi connectivity index (χ4v) is 2.69. The van der Waals surface area contributed by atoms with Crippen LogP contribution in [0.15, 0.2) is 40.2 Å². The first-order valence-corrected chi connectivity index (χ1v) is 7.00. The second-order valence-corrected chi connectivity index (χ2v) is 5.66. The molecule has 0 unspecified atom stereocenters. The van der Waals surface area contributed by atoms with E-state index >= 15 is 0 Å². The molecule has 0 atom stereocenters. The largest absolute Gasteiger partial charge is 0.308 e. The molecule has 4 nitrogen and oxygen atoms in total. The Hall–Kier alpha value is -1.24. The van der Waals surface area contributed by atoms with Gasteiger partial charge < -0.3 is 5.32 Å². The fourth-order valence-electron chi connectivity index (χ4n) is 1.61. The molecule has 0 fully saturated rings. The van der Waals surface area contributed by atoms with E-state index in [1.54, 1.807) is 23.5 Å². The number of nitro benzene ring substituents is 1. The molecule has 0 amide bonds. The Morgan fingerprint density at radius 1 is 1.33 bits per heavy atom. The Bertz CT molecular complexity index is 543. The van der Waals surface area contributed by atoms with E-state index in [0.717, 1.165) is 11.0 Å². The second-order valence-electron chi connectivity index (χ2n) is 3.71. The second kappa shape index (κ2) is 6.08. The number of hydrogen-bond acceptors (Lipinski definition) is 4. The van der Waals surface area contributed by atoms with E-state index in [0.29, 0.717) is 12.1 Å². The number of halogens is 1. The first kappa shape index (κ1) is 13.2. The number of nitrogens with one attached hydrogen (secondary N) is 1. The number of hydrogen-bond donors (Lipinski definition) is 1. The van der Waals surface area contributed by atoms with Crippen LogP contribution in [0.5, 0.6) is 0 Å². The fraction of sp³-hybridized carbons (Fsp3) is 0.167. The highest BCUT2D eigenvalue weighted by atomic mass is 79.9. The van der Waals surface area contributed by atoms with Crippen LogP contribution in [0.2, 0.25) is 0 Å². The van der Waals surface area contributed by atoms with Gasteiger partial charge in [-0.25, -0.2) is 0 Å². The van der Waals surface area contributed by atoms with Crippen LogP contribution in [0, 0.1) is 10.1 Å². The highest BCUT2D eigenvalue weighted by Crippen LogP contribution is 2.23. The predicted molar refractivity (Wildman–Crippen MR) is 75.7 cm³/mol. The standard InChI is InChI=1S/C12H11BrN2O2S/c13-10-3-4-12(15(16)17)9(6-10)7-14-8-11-2-1-5-18-11/h1-6,14H,7-8H2. The van der Waals surface area contributed by atoms with Crippen molar-refractivity contribution in [2.75, 3.05) is 0 Å². The van der Waals surface area contributed by atoms with E-state index in [9.17, 15) is 10.1 Å². The van der Waals surface area contributed by atoms with Crippen LogP contribution in [-0.4, -0.2) is 4.92 Å². The summed E-state index contributed by atoms with van der Waals surface area (Å²) < 4.78 is 0.848. The van der Waals surface area contributed by atoms with Gasteiger partial charge in [0, 0.05) is 34.1 Å². The smallest absolute Gasteiger partial charge is 0.273 e. The summed E-state index contributed by atoms with van der Waals surface area (Å²) in [6, 6.07) is 9.00. The third-order valence-corrected chi connectivity index (χ3v) is 3.80. The molecule has 6 heteroatoms. The van der Waals surface area contributed by atoms with Crippen molar-refractivity contribution in [3.63, 3.8) is 0 Å². The van der Waals surface area contributed by atoms with Gasteiger partial charge in [0.2, 0.25) is 0 Å². The Balaban J connectivity index is 2.03. The maximum Gasteiger partial charge on any atom is 0.273 e. The summed E-state index contributed by atoms with van der Waals surface area (Å²) in [6.45, 7) is 1.20. The summed E-state index contributed by atoms with van der Waals surface area (Å²) in [4.78, 5) is 11.8. The molecular weight excluding hydrogens is 316 g/mol. The SMILES string of the molecule is O=[N+]([O-])c1ccc(Br)cc1CNCc1cccs1. The van der Waals surface area contributed by atoms with Crippen molar-refractivity contribution >= 4 is 33.0 Å². The Kier molecular flexibility index (Phi) is 4.46. The van der Waals surface area contributed by atoms with Crippen molar-refractivity contribution in [2.24, 2.45) is 0 Å². The number of nitrogens with zero attached hydrogens (tertiary/aromatic N) is 1. The lowest BCUT2D eigenvalue weighted by atomic mass is 10.2. The third kappa shape index (κ3) is 3.38. The van der Waals surface area contributed by atoms with Gasteiger partial charge >= 0.3 is 0 Å². The van der Waals surface area contributed by atoms with Crippen molar-refractivity contribution < 1.29 is 4.92 Å². The first-order valence-electron chi connectivity index (χ1n) is 5.33. The van der Waals surface area contributed by atoms with Gasteiger partial charge in [0.25, 0.3) is 5.69 Å². The zero-order valence-electron chi connectivity index (χ0n) is 9.43. The van der Waals surface area contributed by atoms with Crippen LogP contribution in [0.25, 0.3) is 0 Å². The molecule has 1 heterocycles. The van der Waals surface area contributed by atoms with Gasteiger partial charge in [-0.05, 0) is 23.6 Å². The highest BCUT2D eigenvalue weighted by Gasteiger charge is 2.13. The van der Waals surface area contributed by atoms with Gasteiger partial charge in [-0.2, -0.15) is 0 Å². The van der Waals surface area contributed by atoms with Crippen molar-refractivity contribution in [2.45, 2.75) is 13.1 Å². The minimum absolute atomic E-state index is 0.150. The van der Waals surface area contributed by atoms with E-state index in [1.807, 2.05) is 17.5 Å². The number of nitro groups is 1. The number of thiophene rings is 1. The lowest BCUT2D eigenvalue weighted by molar-refractivity contribution is -0.385. The van der Waals surface area contributed by atoms with Crippen LogP contribution in [0.1, 0.15) is 10.4 Å². The molecule has 0 saturated carbocycles. The zero-order chi connectivity index (χ0) is 13.0. The average molecular weight is 327 g/mol. The minimum atomic E-state index is -0.353. The lowest BCUT2D eigenvalue weighted by Crippen LogP contribution is -2.13. The molecule has 1 aromatic heterocycles. The van der Waals surface area contributed by atoms with Crippen LogP contribution in [0.4, 0.5) is 5.69 Å². The molecule has 1 aromatic carbocycles. The first-order chi connectivity index (χ1) is 8.66. The molecule has 0 spiro atoms. The lowest BCUT2D eigenvalue weighted by Gasteiger charge is -2.05. The number of benzene rings is 1. The summed E-state index contributed by atoms with van der Waals surface area (Å²) in [5.41, 5.74) is 0.836. The summed E-state index contributed by atoms with van der Waals surface area (Å²) in [5, 5.41) is 16.1. The normalized spacial score (nSPS) is 10.5. The molecule has 18 heavy (non-hydrogen) atoms. The summed E-state index contributed by atoms with van der Waals surface area (Å²) in [6.07, 6.45) is 0. The van der Waals surface area contributed by atoms with Crippen LogP contribution < -0.4 is 5.32 Å². The monoisotopic (exact) mass is 326 g/mol. The molecule has 94 valence electrons. The van der Waals surface area contributed by atoms with E-state index in [1.165, 1.54) is 10.9 Å². The average Bonchev–Trinajstić information content (AvgIpc) is 2.82. The molecule has 0 radical (unpaired) electrons. The van der Waals surface area contributed by atoms with Crippen LogP contribution in [0.3, 0.4) is 0 Å². The molecule has 0 aliphatic heterocycles. The van der Waals surface area contributed by atoms with Crippen LogP contribution in [-0.2, 0) is 13.1 Å². The Labute approximate surface area is 117 Å². The van der Waals surface area contributed by atoms with Gasteiger partial charge in [-0.1, -0.05) is 22.0 Å². The van der Waals surface area contributed by atoms with Crippen molar-refractivity contribution in [3.05, 3.63) is 60.7 Å². The topological polar surface area (TPSA) is 55.2 Å². The zero-order valence-corrected chi connectivity index (χ0v) is 11.8. The molecule has 0 aliphatic rings. The molecule has 2 aromatic rings. The van der Waals surface area contributed by atoms with Gasteiger partial charge in [-0.15, -0.1) is 11.3 Å². The molecule has 2 rings (SSSR count). The highest BCUT2D eigenvalue weighted by molar-refractivity contribution is 9.10. The van der Waals surface area contributed by atoms with E-state index < -0.39 is 0 Å².